The van der Waals surface area contributed by atoms with Crippen molar-refractivity contribution in [2.75, 3.05) is 7.11 Å². The molecule has 0 radical (unpaired) electrons. The molecule has 0 aromatic heterocycles. The van der Waals surface area contributed by atoms with Crippen LogP contribution < -0.4 is 4.74 Å². The lowest BCUT2D eigenvalue weighted by atomic mass is 10.1. The molecular formula is C11H10F3NO3. The third-order valence-electron chi connectivity index (χ3n) is 3.10. The summed E-state index contributed by atoms with van der Waals surface area (Å²) in [6.07, 6.45) is -4.54. The van der Waals surface area contributed by atoms with Crippen LogP contribution in [0, 0.1) is 16.0 Å². The maximum absolute atomic E-state index is 12.6. The number of benzene rings is 1. The van der Waals surface area contributed by atoms with Crippen LogP contribution in [0.4, 0.5) is 13.2 Å². The van der Waals surface area contributed by atoms with Crippen LogP contribution in [0.2, 0.25) is 0 Å². The number of hydrogen-bond acceptors (Lipinski definition) is 3. The Hall–Kier alpha value is -1.79. The fourth-order valence-corrected chi connectivity index (χ4v) is 2.19. The van der Waals surface area contributed by atoms with Crippen LogP contribution in [0.5, 0.6) is 5.75 Å². The van der Waals surface area contributed by atoms with Gasteiger partial charge in [-0.15, -0.1) is 0 Å². The van der Waals surface area contributed by atoms with E-state index in [1.807, 2.05) is 0 Å². The molecule has 1 fully saturated rings. The number of rotatable bonds is 3. The summed E-state index contributed by atoms with van der Waals surface area (Å²) in [4.78, 5) is 9.75. The third-order valence-corrected chi connectivity index (χ3v) is 3.10. The van der Waals surface area contributed by atoms with E-state index < -0.39 is 29.0 Å². The Morgan fingerprint density at radius 3 is 2.17 bits per heavy atom. The minimum atomic E-state index is -4.54. The third kappa shape index (κ3) is 2.12. The summed E-state index contributed by atoms with van der Waals surface area (Å²) >= 11 is 0. The minimum absolute atomic E-state index is 0.319. The van der Waals surface area contributed by atoms with Gasteiger partial charge in [0.1, 0.15) is 11.7 Å². The number of alkyl halides is 3. The molecule has 2 rings (SSSR count). The standard InChI is InChI=1S/C11H10F3NO3/c1-18-7-4-2-6(3-5-7)8-9(11(12,13)14)10(8)15(16)17/h2-5,8-10H,1H3/t8-,9+,10+/m0/s1. The van der Waals surface area contributed by atoms with E-state index in [1.165, 1.54) is 31.4 Å². The van der Waals surface area contributed by atoms with Crippen molar-refractivity contribution in [3.63, 3.8) is 0 Å². The number of hydrogen-bond donors (Lipinski definition) is 0. The normalized spacial score (nSPS) is 26.8. The summed E-state index contributed by atoms with van der Waals surface area (Å²) in [5, 5.41) is 10.6. The van der Waals surface area contributed by atoms with Crippen molar-refractivity contribution in [2.45, 2.75) is 18.1 Å². The fraction of sp³-hybridized carbons (Fsp3) is 0.455. The Morgan fingerprint density at radius 1 is 1.28 bits per heavy atom. The second-order valence-electron chi connectivity index (χ2n) is 4.14. The molecule has 0 aliphatic heterocycles. The second-order valence-corrected chi connectivity index (χ2v) is 4.14. The number of methoxy groups -OCH3 is 1. The lowest BCUT2D eigenvalue weighted by Gasteiger charge is -2.03. The van der Waals surface area contributed by atoms with E-state index in [0.29, 0.717) is 11.3 Å². The van der Waals surface area contributed by atoms with Gasteiger partial charge < -0.3 is 4.74 Å². The van der Waals surface area contributed by atoms with Gasteiger partial charge in [0.15, 0.2) is 0 Å². The van der Waals surface area contributed by atoms with E-state index in [0.717, 1.165) is 0 Å². The van der Waals surface area contributed by atoms with Gasteiger partial charge >= 0.3 is 6.18 Å². The summed E-state index contributed by atoms with van der Waals surface area (Å²) in [5.74, 6) is -2.48. The average Bonchev–Trinajstić information content (AvgIpc) is 3.04. The molecule has 0 bridgehead atoms. The summed E-state index contributed by atoms with van der Waals surface area (Å²) in [6, 6.07) is 4.30. The van der Waals surface area contributed by atoms with Crippen molar-refractivity contribution in [2.24, 2.45) is 5.92 Å². The van der Waals surface area contributed by atoms with E-state index in [2.05, 4.69) is 0 Å². The molecule has 18 heavy (non-hydrogen) atoms. The molecule has 1 aromatic rings. The molecule has 7 heteroatoms. The molecule has 1 aliphatic carbocycles. The Kier molecular flexibility index (Phi) is 2.92. The van der Waals surface area contributed by atoms with Crippen LogP contribution in [0.3, 0.4) is 0 Å². The highest BCUT2D eigenvalue weighted by atomic mass is 19.4. The minimum Gasteiger partial charge on any atom is -0.497 e. The van der Waals surface area contributed by atoms with E-state index in [1.54, 1.807) is 0 Å². The highest BCUT2D eigenvalue weighted by Gasteiger charge is 2.72. The Balaban J connectivity index is 2.24. The summed E-state index contributed by atoms with van der Waals surface area (Å²) in [7, 11) is 1.43. The first kappa shape index (κ1) is 12.7. The van der Waals surface area contributed by atoms with Crippen molar-refractivity contribution in [1.82, 2.24) is 0 Å². The second kappa shape index (κ2) is 4.15. The van der Waals surface area contributed by atoms with Crippen molar-refractivity contribution >= 4 is 0 Å². The first-order chi connectivity index (χ1) is 8.36. The van der Waals surface area contributed by atoms with E-state index in [9.17, 15) is 23.3 Å². The van der Waals surface area contributed by atoms with E-state index in [-0.39, 0.29) is 0 Å². The molecule has 0 spiro atoms. The molecule has 0 saturated heterocycles. The quantitative estimate of drug-likeness (QED) is 0.620. The van der Waals surface area contributed by atoms with Gasteiger partial charge in [-0.3, -0.25) is 10.1 Å². The predicted molar refractivity (Wildman–Crippen MR) is 56.1 cm³/mol. The largest absolute Gasteiger partial charge is 0.497 e. The van der Waals surface area contributed by atoms with Crippen LogP contribution in [-0.2, 0) is 0 Å². The van der Waals surface area contributed by atoms with Gasteiger partial charge in [-0.25, -0.2) is 0 Å². The van der Waals surface area contributed by atoms with Crippen molar-refractivity contribution in [3.8, 4) is 5.75 Å². The summed E-state index contributed by atoms with van der Waals surface area (Å²) in [5.41, 5.74) is 0.319. The van der Waals surface area contributed by atoms with Gasteiger partial charge in [0.25, 0.3) is 0 Å². The number of nitrogens with zero attached hydrogens (tertiary/aromatic N) is 1. The summed E-state index contributed by atoms with van der Waals surface area (Å²) < 4.78 is 42.7. The van der Waals surface area contributed by atoms with E-state index in [4.69, 9.17) is 4.74 Å². The van der Waals surface area contributed by atoms with Crippen LogP contribution >= 0.6 is 0 Å². The first-order valence-electron chi connectivity index (χ1n) is 5.20. The maximum Gasteiger partial charge on any atom is 0.399 e. The molecule has 1 saturated carbocycles. The predicted octanol–water partition coefficient (Wildman–Crippen LogP) is 2.62. The van der Waals surface area contributed by atoms with Crippen LogP contribution in [0.25, 0.3) is 0 Å². The lowest BCUT2D eigenvalue weighted by molar-refractivity contribution is -0.503. The van der Waals surface area contributed by atoms with E-state index >= 15 is 0 Å². The van der Waals surface area contributed by atoms with Crippen LogP contribution in [-0.4, -0.2) is 24.3 Å². The van der Waals surface area contributed by atoms with Gasteiger partial charge in [-0.2, -0.15) is 13.2 Å². The Morgan fingerprint density at radius 2 is 1.83 bits per heavy atom. The average molecular weight is 261 g/mol. The van der Waals surface area contributed by atoms with Crippen LogP contribution in [0.15, 0.2) is 24.3 Å². The lowest BCUT2D eigenvalue weighted by Crippen LogP contribution is -2.17. The highest BCUT2D eigenvalue weighted by molar-refractivity contribution is 5.35. The molecular weight excluding hydrogens is 251 g/mol. The fourth-order valence-electron chi connectivity index (χ4n) is 2.19. The SMILES string of the molecule is COc1ccc([C@@H]2[C@@H]([N+](=O)[O-])[C@@H]2C(F)(F)F)cc1. The number of ether oxygens (including phenoxy) is 1. The van der Waals surface area contributed by atoms with Crippen molar-refractivity contribution in [3.05, 3.63) is 39.9 Å². The van der Waals surface area contributed by atoms with Gasteiger partial charge in [-0.1, -0.05) is 12.1 Å². The van der Waals surface area contributed by atoms with Crippen molar-refractivity contribution < 1.29 is 22.8 Å². The highest BCUT2D eigenvalue weighted by Crippen LogP contribution is 2.57. The smallest absolute Gasteiger partial charge is 0.399 e. The van der Waals surface area contributed by atoms with Crippen LogP contribution in [0.1, 0.15) is 11.5 Å². The van der Waals surface area contributed by atoms with Crippen molar-refractivity contribution in [1.29, 1.82) is 0 Å². The molecule has 3 atom stereocenters. The van der Waals surface area contributed by atoms with Gasteiger partial charge in [0, 0.05) is 4.92 Å². The molecule has 0 heterocycles. The molecule has 1 aromatic carbocycles. The zero-order chi connectivity index (χ0) is 13.5. The molecule has 4 nitrogen and oxygen atoms in total. The van der Waals surface area contributed by atoms with Gasteiger partial charge in [-0.05, 0) is 17.7 Å². The zero-order valence-electron chi connectivity index (χ0n) is 9.35. The molecule has 1 aliphatic rings. The molecule has 0 N–H and O–H groups in total. The molecule has 0 amide bonds. The van der Waals surface area contributed by atoms with Gasteiger partial charge in [0.05, 0.1) is 13.0 Å². The first-order valence-corrected chi connectivity index (χ1v) is 5.20. The molecule has 0 unspecified atom stereocenters. The Bertz CT molecular complexity index is 458. The topological polar surface area (TPSA) is 52.4 Å². The maximum atomic E-state index is 12.6. The zero-order valence-corrected chi connectivity index (χ0v) is 9.35. The number of halogens is 3. The number of nitro groups is 1. The Labute approximate surface area is 101 Å². The summed E-state index contributed by atoms with van der Waals surface area (Å²) in [6.45, 7) is 0. The van der Waals surface area contributed by atoms with Gasteiger partial charge in [0.2, 0.25) is 6.04 Å². The molecule has 98 valence electrons. The monoisotopic (exact) mass is 261 g/mol.